The topological polar surface area (TPSA) is 69.8 Å². The lowest BCUT2D eigenvalue weighted by Gasteiger charge is -2.23. The van der Waals surface area contributed by atoms with Crippen LogP contribution in [0, 0.1) is 5.92 Å². The van der Waals surface area contributed by atoms with Gasteiger partial charge in [0, 0.05) is 18.3 Å². The third kappa shape index (κ3) is 2.61. The molecular formula is C11H18N4O. The van der Waals surface area contributed by atoms with Crippen LogP contribution in [0.15, 0.2) is 12.4 Å². The van der Waals surface area contributed by atoms with E-state index in [9.17, 15) is 4.79 Å². The average Bonchev–Trinajstić information content (AvgIpc) is 2.83. The lowest BCUT2D eigenvalue weighted by molar-refractivity contribution is -0.126. The summed E-state index contributed by atoms with van der Waals surface area (Å²) in [6.07, 6.45) is 5.32. The van der Waals surface area contributed by atoms with Crippen molar-refractivity contribution >= 4 is 5.91 Å². The van der Waals surface area contributed by atoms with Crippen LogP contribution in [-0.2, 0) is 4.79 Å². The second-order valence-corrected chi connectivity index (χ2v) is 4.23. The first kappa shape index (κ1) is 11.1. The summed E-state index contributed by atoms with van der Waals surface area (Å²) in [6.45, 7) is 3.82. The van der Waals surface area contributed by atoms with E-state index in [1.54, 1.807) is 12.4 Å². The fraction of sp³-hybridized carbons (Fsp3) is 0.636. The molecule has 1 saturated heterocycles. The van der Waals surface area contributed by atoms with Crippen LogP contribution in [0.1, 0.15) is 31.6 Å². The number of hydrogen-bond donors (Lipinski definition) is 3. The maximum absolute atomic E-state index is 11.9. The number of imidazole rings is 1. The normalized spacial score (nSPS) is 19.3. The summed E-state index contributed by atoms with van der Waals surface area (Å²) in [5, 5.41) is 6.24. The SMILES string of the molecule is CC(NC(=O)C1CCNCC1)c1ncc[nH]1. The minimum absolute atomic E-state index is 0.0441. The lowest BCUT2D eigenvalue weighted by Crippen LogP contribution is -2.39. The molecule has 1 aromatic heterocycles. The fourth-order valence-electron chi connectivity index (χ4n) is 2.00. The largest absolute Gasteiger partial charge is 0.347 e. The van der Waals surface area contributed by atoms with Gasteiger partial charge in [-0.3, -0.25) is 4.79 Å². The maximum atomic E-state index is 11.9. The second kappa shape index (κ2) is 5.12. The molecule has 5 nitrogen and oxygen atoms in total. The smallest absolute Gasteiger partial charge is 0.223 e. The van der Waals surface area contributed by atoms with E-state index in [-0.39, 0.29) is 17.9 Å². The summed E-state index contributed by atoms with van der Waals surface area (Å²) in [4.78, 5) is 19.1. The zero-order valence-electron chi connectivity index (χ0n) is 9.49. The maximum Gasteiger partial charge on any atom is 0.223 e. The highest BCUT2D eigenvalue weighted by Gasteiger charge is 2.22. The van der Waals surface area contributed by atoms with Crippen LogP contribution >= 0.6 is 0 Å². The Balaban J connectivity index is 1.86. The van der Waals surface area contributed by atoms with E-state index in [2.05, 4.69) is 20.6 Å². The number of aromatic nitrogens is 2. The van der Waals surface area contributed by atoms with E-state index < -0.39 is 0 Å². The first-order chi connectivity index (χ1) is 7.77. The van der Waals surface area contributed by atoms with Gasteiger partial charge in [0.2, 0.25) is 5.91 Å². The van der Waals surface area contributed by atoms with Gasteiger partial charge >= 0.3 is 0 Å². The third-order valence-corrected chi connectivity index (χ3v) is 3.00. The predicted molar refractivity (Wildman–Crippen MR) is 60.7 cm³/mol. The minimum atomic E-state index is -0.0441. The van der Waals surface area contributed by atoms with Crippen LogP contribution in [0.4, 0.5) is 0 Å². The Morgan fingerprint density at radius 3 is 2.94 bits per heavy atom. The first-order valence-electron chi connectivity index (χ1n) is 5.77. The van der Waals surface area contributed by atoms with Crippen molar-refractivity contribution in [3.05, 3.63) is 18.2 Å². The molecule has 1 aliphatic rings. The van der Waals surface area contributed by atoms with Crippen LogP contribution in [-0.4, -0.2) is 29.0 Å². The lowest BCUT2D eigenvalue weighted by atomic mass is 9.97. The van der Waals surface area contributed by atoms with Crippen molar-refractivity contribution in [2.75, 3.05) is 13.1 Å². The zero-order valence-corrected chi connectivity index (χ0v) is 9.49. The number of amides is 1. The van der Waals surface area contributed by atoms with E-state index in [1.165, 1.54) is 0 Å². The molecule has 5 heteroatoms. The van der Waals surface area contributed by atoms with Gasteiger partial charge in [-0.2, -0.15) is 0 Å². The van der Waals surface area contributed by atoms with Crippen LogP contribution < -0.4 is 10.6 Å². The van der Waals surface area contributed by atoms with Gasteiger partial charge in [0.1, 0.15) is 5.82 Å². The predicted octanol–water partition coefficient (Wildman–Crippen LogP) is 0.586. The van der Waals surface area contributed by atoms with Crippen molar-refractivity contribution in [3.8, 4) is 0 Å². The minimum Gasteiger partial charge on any atom is -0.347 e. The van der Waals surface area contributed by atoms with Gasteiger partial charge in [-0.05, 0) is 32.9 Å². The van der Waals surface area contributed by atoms with Gasteiger partial charge in [-0.1, -0.05) is 0 Å². The monoisotopic (exact) mass is 222 g/mol. The van der Waals surface area contributed by atoms with E-state index in [4.69, 9.17) is 0 Å². The van der Waals surface area contributed by atoms with Crippen molar-refractivity contribution in [1.82, 2.24) is 20.6 Å². The molecule has 1 fully saturated rings. The van der Waals surface area contributed by atoms with Gasteiger partial charge < -0.3 is 15.6 Å². The summed E-state index contributed by atoms with van der Waals surface area (Å²) in [5.74, 6) is 1.10. The van der Waals surface area contributed by atoms with E-state index in [0.717, 1.165) is 31.8 Å². The molecular weight excluding hydrogens is 204 g/mol. The van der Waals surface area contributed by atoms with E-state index in [1.807, 2.05) is 6.92 Å². The Morgan fingerprint density at radius 2 is 2.31 bits per heavy atom. The molecule has 0 saturated carbocycles. The van der Waals surface area contributed by atoms with Crippen LogP contribution in [0.5, 0.6) is 0 Å². The van der Waals surface area contributed by atoms with Crippen LogP contribution in [0.25, 0.3) is 0 Å². The number of hydrogen-bond acceptors (Lipinski definition) is 3. The van der Waals surface area contributed by atoms with Crippen molar-refractivity contribution in [2.45, 2.75) is 25.8 Å². The number of rotatable bonds is 3. The number of nitrogens with zero attached hydrogens (tertiary/aromatic N) is 1. The molecule has 1 aromatic rings. The summed E-state index contributed by atoms with van der Waals surface area (Å²) in [6, 6.07) is -0.0441. The standard InChI is InChI=1S/C11H18N4O/c1-8(10-13-6-7-14-10)15-11(16)9-2-4-12-5-3-9/h6-9,12H,2-5H2,1H3,(H,13,14)(H,15,16). The first-order valence-corrected chi connectivity index (χ1v) is 5.77. The molecule has 0 spiro atoms. The average molecular weight is 222 g/mol. The van der Waals surface area contributed by atoms with Gasteiger partial charge in [-0.15, -0.1) is 0 Å². The molecule has 0 aliphatic carbocycles. The number of carbonyl (C=O) groups is 1. The third-order valence-electron chi connectivity index (χ3n) is 3.00. The van der Waals surface area contributed by atoms with Gasteiger partial charge in [0.05, 0.1) is 6.04 Å². The molecule has 0 bridgehead atoms. The molecule has 0 radical (unpaired) electrons. The van der Waals surface area contributed by atoms with Gasteiger partial charge in [-0.25, -0.2) is 4.98 Å². The number of carbonyl (C=O) groups excluding carboxylic acids is 1. The fourth-order valence-corrected chi connectivity index (χ4v) is 2.00. The Hall–Kier alpha value is -1.36. The highest BCUT2D eigenvalue weighted by Crippen LogP contribution is 2.14. The summed E-state index contributed by atoms with van der Waals surface area (Å²) in [5.41, 5.74) is 0. The number of aromatic amines is 1. The van der Waals surface area contributed by atoms with Crippen molar-refractivity contribution in [3.63, 3.8) is 0 Å². The molecule has 2 heterocycles. The molecule has 3 N–H and O–H groups in total. The van der Waals surface area contributed by atoms with Crippen molar-refractivity contribution < 1.29 is 4.79 Å². The molecule has 88 valence electrons. The van der Waals surface area contributed by atoms with E-state index >= 15 is 0 Å². The number of piperidine rings is 1. The summed E-state index contributed by atoms with van der Waals surface area (Å²) < 4.78 is 0. The highest BCUT2D eigenvalue weighted by atomic mass is 16.1. The van der Waals surface area contributed by atoms with Gasteiger partial charge in [0.25, 0.3) is 0 Å². The molecule has 1 aliphatic heterocycles. The Labute approximate surface area is 95.0 Å². The highest BCUT2D eigenvalue weighted by molar-refractivity contribution is 5.79. The Kier molecular flexibility index (Phi) is 3.56. The van der Waals surface area contributed by atoms with Crippen LogP contribution in [0.3, 0.4) is 0 Å². The molecule has 1 amide bonds. The number of nitrogens with one attached hydrogen (secondary N) is 3. The zero-order chi connectivity index (χ0) is 11.4. The molecule has 0 aromatic carbocycles. The molecule has 1 unspecified atom stereocenters. The second-order valence-electron chi connectivity index (χ2n) is 4.23. The quantitative estimate of drug-likeness (QED) is 0.701. The number of H-pyrrole nitrogens is 1. The van der Waals surface area contributed by atoms with Gasteiger partial charge in [0.15, 0.2) is 0 Å². The molecule has 16 heavy (non-hydrogen) atoms. The van der Waals surface area contributed by atoms with E-state index in [0.29, 0.717) is 0 Å². The van der Waals surface area contributed by atoms with Crippen LogP contribution in [0.2, 0.25) is 0 Å². The van der Waals surface area contributed by atoms with Crippen molar-refractivity contribution in [1.29, 1.82) is 0 Å². The molecule has 1 atom stereocenters. The summed E-state index contributed by atoms with van der Waals surface area (Å²) in [7, 11) is 0. The molecule has 2 rings (SSSR count). The Bertz CT molecular complexity index is 330. The summed E-state index contributed by atoms with van der Waals surface area (Å²) >= 11 is 0. The van der Waals surface area contributed by atoms with Crippen molar-refractivity contribution in [2.24, 2.45) is 5.92 Å². The Morgan fingerprint density at radius 1 is 1.56 bits per heavy atom.